The minimum absolute atomic E-state index is 0.0641. The number of aromatic carboxylic acids is 1. The fraction of sp³-hybridized carbons (Fsp3) is 0.538. The second kappa shape index (κ2) is 6.38. The minimum atomic E-state index is -1.05. The molecule has 1 aliphatic rings. The molecule has 0 aliphatic heterocycles. The standard InChI is InChI=1S/C13H19N3O3/c14-11-8-16-12(7-10(11)13(17)18)15-5-6-19-9-3-1-2-4-9/h7-9H,1-6,14H2,(H,15,16)(H,17,18). The SMILES string of the molecule is Nc1cnc(NCCOC2CCCC2)cc1C(=O)O. The van der Waals surface area contributed by atoms with Crippen molar-refractivity contribution in [1.29, 1.82) is 0 Å². The number of pyridine rings is 1. The van der Waals surface area contributed by atoms with Crippen molar-refractivity contribution in [2.24, 2.45) is 0 Å². The summed E-state index contributed by atoms with van der Waals surface area (Å²) in [5.74, 6) is -0.549. The highest BCUT2D eigenvalue weighted by atomic mass is 16.5. The first kappa shape index (κ1) is 13.6. The first-order valence-electron chi connectivity index (χ1n) is 6.51. The zero-order chi connectivity index (χ0) is 13.7. The molecule has 1 aromatic heterocycles. The predicted molar refractivity (Wildman–Crippen MR) is 72.3 cm³/mol. The minimum Gasteiger partial charge on any atom is -0.478 e. The van der Waals surface area contributed by atoms with Crippen molar-refractivity contribution in [3.63, 3.8) is 0 Å². The number of carboxylic acids is 1. The summed E-state index contributed by atoms with van der Waals surface area (Å²) in [6, 6.07) is 1.44. The van der Waals surface area contributed by atoms with Gasteiger partial charge in [0, 0.05) is 6.54 Å². The van der Waals surface area contributed by atoms with E-state index in [1.807, 2.05) is 0 Å². The van der Waals surface area contributed by atoms with Crippen LogP contribution in [0.1, 0.15) is 36.0 Å². The Morgan fingerprint density at radius 3 is 2.95 bits per heavy atom. The van der Waals surface area contributed by atoms with Gasteiger partial charge in [0.2, 0.25) is 0 Å². The van der Waals surface area contributed by atoms with Gasteiger partial charge in [-0.05, 0) is 18.9 Å². The topological polar surface area (TPSA) is 97.5 Å². The Morgan fingerprint density at radius 1 is 1.53 bits per heavy atom. The largest absolute Gasteiger partial charge is 0.478 e. The summed E-state index contributed by atoms with van der Waals surface area (Å²) < 4.78 is 5.69. The Kier molecular flexibility index (Phi) is 4.57. The normalized spacial score (nSPS) is 15.6. The van der Waals surface area contributed by atoms with Crippen molar-refractivity contribution in [3.8, 4) is 0 Å². The number of nitrogen functional groups attached to an aromatic ring is 1. The summed E-state index contributed by atoms with van der Waals surface area (Å²) in [5.41, 5.74) is 5.76. The van der Waals surface area contributed by atoms with E-state index in [2.05, 4.69) is 10.3 Å². The first-order valence-corrected chi connectivity index (χ1v) is 6.51. The summed E-state index contributed by atoms with van der Waals surface area (Å²) >= 11 is 0. The van der Waals surface area contributed by atoms with E-state index >= 15 is 0 Å². The molecule has 1 saturated carbocycles. The quantitative estimate of drug-likeness (QED) is 0.678. The second-order valence-corrected chi connectivity index (χ2v) is 4.67. The highest BCUT2D eigenvalue weighted by Crippen LogP contribution is 2.20. The number of hydrogen-bond acceptors (Lipinski definition) is 5. The van der Waals surface area contributed by atoms with Crippen LogP contribution in [-0.2, 0) is 4.74 Å². The molecule has 19 heavy (non-hydrogen) atoms. The molecule has 0 saturated heterocycles. The molecule has 4 N–H and O–H groups in total. The number of nitrogens with two attached hydrogens (primary N) is 1. The van der Waals surface area contributed by atoms with Crippen molar-refractivity contribution in [2.75, 3.05) is 24.2 Å². The van der Waals surface area contributed by atoms with Gasteiger partial charge in [0.05, 0.1) is 30.2 Å². The van der Waals surface area contributed by atoms with E-state index in [0.717, 1.165) is 12.8 Å². The highest BCUT2D eigenvalue weighted by molar-refractivity contribution is 5.94. The molecule has 6 nitrogen and oxygen atoms in total. The summed E-state index contributed by atoms with van der Waals surface area (Å²) in [6.45, 7) is 1.20. The lowest BCUT2D eigenvalue weighted by atomic mass is 10.2. The number of ether oxygens (including phenoxy) is 1. The maximum Gasteiger partial charge on any atom is 0.337 e. The van der Waals surface area contributed by atoms with Crippen molar-refractivity contribution < 1.29 is 14.6 Å². The van der Waals surface area contributed by atoms with Crippen molar-refractivity contribution in [3.05, 3.63) is 17.8 Å². The zero-order valence-electron chi connectivity index (χ0n) is 10.8. The van der Waals surface area contributed by atoms with Gasteiger partial charge >= 0.3 is 5.97 Å². The van der Waals surface area contributed by atoms with Crippen LogP contribution < -0.4 is 11.1 Å². The predicted octanol–water partition coefficient (Wildman–Crippen LogP) is 1.73. The molecule has 1 heterocycles. The number of carbonyl (C=O) groups is 1. The van der Waals surface area contributed by atoms with Gasteiger partial charge in [-0.25, -0.2) is 9.78 Å². The number of anilines is 2. The molecule has 0 bridgehead atoms. The molecular formula is C13H19N3O3. The van der Waals surface area contributed by atoms with E-state index in [4.69, 9.17) is 15.6 Å². The third-order valence-electron chi connectivity index (χ3n) is 3.23. The van der Waals surface area contributed by atoms with E-state index in [9.17, 15) is 4.79 Å². The molecular weight excluding hydrogens is 246 g/mol. The maximum absolute atomic E-state index is 10.9. The second-order valence-electron chi connectivity index (χ2n) is 4.67. The summed E-state index contributed by atoms with van der Waals surface area (Å²) in [4.78, 5) is 15.0. The van der Waals surface area contributed by atoms with Crippen LogP contribution in [0.15, 0.2) is 12.3 Å². The fourth-order valence-corrected chi connectivity index (χ4v) is 2.21. The lowest BCUT2D eigenvalue weighted by molar-refractivity contribution is 0.0658. The monoisotopic (exact) mass is 265 g/mol. The number of nitrogens with one attached hydrogen (secondary N) is 1. The van der Waals surface area contributed by atoms with E-state index < -0.39 is 5.97 Å². The van der Waals surface area contributed by atoms with E-state index in [1.54, 1.807) is 0 Å². The Hall–Kier alpha value is -1.82. The summed E-state index contributed by atoms with van der Waals surface area (Å²) in [6.07, 6.45) is 6.52. The van der Waals surface area contributed by atoms with E-state index in [0.29, 0.717) is 25.1 Å². The van der Waals surface area contributed by atoms with Gasteiger partial charge in [0.25, 0.3) is 0 Å². The molecule has 0 spiro atoms. The Morgan fingerprint density at radius 2 is 2.26 bits per heavy atom. The maximum atomic E-state index is 10.9. The van der Waals surface area contributed by atoms with Crippen LogP contribution in [0.4, 0.5) is 11.5 Å². The van der Waals surface area contributed by atoms with Crippen molar-refractivity contribution in [1.82, 2.24) is 4.98 Å². The molecule has 0 atom stereocenters. The first-order chi connectivity index (χ1) is 9.16. The van der Waals surface area contributed by atoms with Crippen LogP contribution in [0.25, 0.3) is 0 Å². The van der Waals surface area contributed by atoms with Crippen molar-refractivity contribution >= 4 is 17.5 Å². The molecule has 1 aliphatic carbocycles. The summed E-state index contributed by atoms with van der Waals surface area (Å²) in [7, 11) is 0. The molecule has 0 amide bonds. The number of rotatable bonds is 6. The molecule has 1 aromatic rings. The molecule has 1 fully saturated rings. The Bertz CT molecular complexity index is 445. The van der Waals surface area contributed by atoms with Crippen LogP contribution >= 0.6 is 0 Å². The van der Waals surface area contributed by atoms with Gasteiger partial charge in [-0.1, -0.05) is 12.8 Å². The Labute approximate surface area is 112 Å². The number of carboxylic acid groups (broad SMARTS) is 1. The van der Waals surface area contributed by atoms with Crippen LogP contribution in [0, 0.1) is 0 Å². The van der Waals surface area contributed by atoms with Crippen LogP contribution in [0.3, 0.4) is 0 Å². The zero-order valence-corrected chi connectivity index (χ0v) is 10.8. The fourth-order valence-electron chi connectivity index (χ4n) is 2.21. The van der Waals surface area contributed by atoms with Gasteiger partial charge in [-0.2, -0.15) is 0 Å². The van der Waals surface area contributed by atoms with Gasteiger partial charge in [-0.15, -0.1) is 0 Å². The van der Waals surface area contributed by atoms with Gasteiger partial charge in [-0.3, -0.25) is 0 Å². The molecule has 6 heteroatoms. The lowest BCUT2D eigenvalue weighted by Gasteiger charge is -2.12. The molecule has 104 valence electrons. The third-order valence-corrected chi connectivity index (χ3v) is 3.23. The van der Waals surface area contributed by atoms with E-state index in [-0.39, 0.29) is 11.3 Å². The molecule has 0 aromatic carbocycles. The summed E-state index contributed by atoms with van der Waals surface area (Å²) in [5, 5.41) is 12.0. The molecule has 0 radical (unpaired) electrons. The third kappa shape index (κ3) is 3.82. The van der Waals surface area contributed by atoms with Crippen LogP contribution in [0.2, 0.25) is 0 Å². The number of hydrogen-bond donors (Lipinski definition) is 3. The van der Waals surface area contributed by atoms with Gasteiger partial charge < -0.3 is 20.9 Å². The van der Waals surface area contributed by atoms with Gasteiger partial charge in [0.15, 0.2) is 0 Å². The smallest absolute Gasteiger partial charge is 0.337 e. The van der Waals surface area contributed by atoms with Crippen LogP contribution in [0.5, 0.6) is 0 Å². The van der Waals surface area contributed by atoms with Crippen molar-refractivity contribution in [2.45, 2.75) is 31.8 Å². The average molecular weight is 265 g/mol. The highest BCUT2D eigenvalue weighted by Gasteiger charge is 2.14. The molecule has 0 unspecified atom stereocenters. The van der Waals surface area contributed by atoms with Gasteiger partial charge in [0.1, 0.15) is 5.82 Å². The average Bonchev–Trinajstić information content (AvgIpc) is 2.89. The molecule has 2 rings (SSSR count). The number of aromatic nitrogens is 1. The van der Waals surface area contributed by atoms with Crippen LogP contribution in [-0.4, -0.2) is 35.3 Å². The van der Waals surface area contributed by atoms with E-state index in [1.165, 1.54) is 25.1 Å². The lowest BCUT2D eigenvalue weighted by Crippen LogP contribution is -2.16. The number of nitrogens with zero attached hydrogens (tertiary/aromatic N) is 1. The Balaban J connectivity index is 1.79.